The van der Waals surface area contributed by atoms with Gasteiger partial charge in [0.1, 0.15) is 0 Å². The lowest BCUT2D eigenvalue weighted by Gasteiger charge is -2.30. The number of carbonyl (C=O) groups is 2. The molecule has 22 heavy (non-hydrogen) atoms. The zero-order valence-electron chi connectivity index (χ0n) is 11.6. The van der Waals surface area contributed by atoms with Crippen molar-refractivity contribution in [3.05, 3.63) is 29.3 Å². The second-order valence-corrected chi connectivity index (χ2v) is 6.64. The number of carbonyl (C=O) groups excluding carboxylic acids is 2. The van der Waals surface area contributed by atoms with Crippen molar-refractivity contribution >= 4 is 39.4 Å². The molecule has 1 fully saturated rings. The van der Waals surface area contributed by atoms with Crippen molar-refractivity contribution in [3.63, 3.8) is 0 Å². The molecule has 1 aromatic rings. The first-order chi connectivity index (χ1) is 10.3. The van der Waals surface area contributed by atoms with Crippen molar-refractivity contribution in [3.8, 4) is 0 Å². The monoisotopic (exact) mass is 347 g/mol. The number of hydrogen-bond acceptors (Lipinski definition) is 5. The highest BCUT2D eigenvalue weighted by atomic mass is 35.5. The Morgan fingerprint density at radius 3 is 2.64 bits per heavy atom. The van der Waals surface area contributed by atoms with Crippen LogP contribution in [0.25, 0.3) is 0 Å². The Hall–Kier alpha value is -1.84. The first kappa shape index (κ1) is 16.5. The predicted octanol–water partition coefficient (Wildman–Crippen LogP) is 0.523. The summed E-state index contributed by atoms with van der Waals surface area (Å²) in [4.78, 5) is 23.1. The van der Waals surface area contributed by atoms with Crippen LogP contribution < -0.4 is 10.1 Å². The Morgan fingerprint density at radius 2 is 2.05 bits per heavy atom. The summed E-state index contributed by atoms with van der Waals surface area (Å²) in [6, 6.07) is 5.99. The Kier molecular flexibility index (Phi) is 4.89. The molecule has 1 saturated heterocycles. The van der Waals surface area contributed by atoms with Crippen molar-refractivity contribution < 1.29 is 22.7 Å². The molecule has 2 rings (SSSR count). The van der Waals surface area contributed by atoms with Gasteiger partial charge in [0.25, 0.3) is 0 Å². The highest BCUT2D eigenvalue weighted by Crippen LogP contribution is 2.19. The molecule has 120 valence electrons. The minimum absolute atomic E-state index is 0.125. The second kappa shape index (κ2) is 6.51. The standard InChI is InChI=1S/C12H14ClN3O5S/c1-21-12(18)8-6-11(17)14-16(7-8)22(19,20)15-10-4-2-9(13)3-5-10/h2-5,8,15H,6-7H2,1H3,(H,14,17). The summed E-state index contributed by atoms with van der Waals surface area (Å²) in [6.07, 6.45) is -0.125. The lowest BCUT2D eigenvalue weighted by atomic mass is 10.0. The van der Waals surface area contributed by atoms with E-state index in [0.717, 1.165) is 0 Å². The van der Waals surface area contributed by atoms with Crippen molar-refractivity contribution in [1.29, 1.82) is 0 Å². The van der Waals surface area contributed by atoms with E-state index in [1.54, 1.807) is 0 Å². The quantitative estimate of drug-likeness (QED) is 0.773. The van der Waals surface area contributed by atoms with E-state index in [1.165, 1.54) is 31.4 Å². The molecule has 10 heteroatoms. The molecule has 1 amide bonds. The smallest absolute Gasteiger partial charge is 0.318 e. The number of ether oxygens (including phenoxy) is 1. The Labute approximate surface area is 132 Å². The maximum absolute atomic E-state index is 12.3. The van der Waals surface area contributed by atoms with Crippen LogP contribution in [0.3, 0.4) is 0 Å². The van der Waals surface area contributed by atoms with E-state index in [2.05, 4.69) is 14.9 Å². The number of methoxy groups -OCH3 is 1. The molecular weight excluding hydrogens is 334 g/mol. The van der Waals surface area contributed by atoms with Crippen LogP contribution in [0.1, 0.15) is 6.42 Å². The first-order valence-corrected chi connectivity index (χ1v) is 8.07. The van der Waals surface area contributed by atoms with Crippen molar-refractivity contribution in [2.75, 3.05) is 18.4 Å². The molecule has 0 spiro atoms. The van der Waals surface area contributed by atoms with Gasteiger partial charge in [-0.05, 0) is 24.3 Å². The topological polar surface area (TPSA) is 105 Å². The number of rotatable bonds is 4. The van der Waals surface area contributed by atoms with Crippen molar-refractivity contribution in [2.24, 2.45) is 5.92 Å². The van der Waals surface area contributed by atoms with E-state index >= 15 is 0 Å². The Balaban J connectivity index is 2.15. The molecule has 1 atom stereocenters. The zero-order valence-corrected chi connectivity index (χ0v) is 13.1. The summed E-state index contributed by atoms with van der Waals surface area (Å²) < 4.78 is 32.0. The van der Waals surface area contributed by atoms with E-state index < -0.39 is 28.0 Å². The van der Waals surface area contributed by atoms with Crippen LogP contribution >= 0.6 is 11.6 Å². The number of anilines is 1. The average molecular weight is 348 g/mol. The number of amides is 1. The number of nitrogens with zero attached hydrogens (tertiary/aromatic N) is 1. The third-order valence-electron chi connectivity index (χ3n) is 2.98. The van der Waals surface area contributed by atoms with E-state index in [0.29, 0.717) is 9.44 Å². The molecule has 0 saturated carbocycles. The molecular formula is C12H14ClN3O5S. The first-order valence-electron chi connectivity index (χ1n) is 6.25. The summed E-state index contributed by atoms with van der Waals surface area (Å²) in [6.45, 7) is -0.207. The summed E-state index contributed by atoms with van der Waals surface area (Å²) in [5.41, 5.74) is 2.48. The number of benzene rings is 1. The van der Waals surface area contributed by atoms with Crippen molar-refractivity contribution in [2.45, 2.75) is 6.42 Å². The molecule has 0 aliphatic carbocycles. The van der Waals surface area contributed by atoms with Crippen LogP contribution in [-0.2, 0) is 24.5 Å². The summed E-state index contributed by atoms with van der Waals surface area (Å²) >= 11 is 5.72. The molecule has 0 aromatic heterocycles. The molecule has 1 heterocycles. The van der Waals surface area contributed by atoms with Gasteiger partial charge in [0.2, 0.25) is 5.91 Å². The van der Waals surface area contributed by atoms with Crippen LogP contribution in [0.15, 0.2) is 24.3 Å². The molecule has 0 bridgehead atoms. The molecule has 1 unspecified atom stereocenters. The van der Waals surface area contributed by atoms with Crippen LogP contribution in [0.4, 0.5) is 5.69 Å². The van der Waals surface area contributed by atoms with Gasteiger partial charge in [0.15, 0.2) is 0 Å². The van der Waals surface area contributed by atoms with Gasteiger partial charge in [0.05, 0.1) is 13.0 Å². The fourth-order valence-electron chi connectivity index (χ4n) is 1.92. The number of hydrazine groups is 1. The van der Waals surface area contributed by atoms with Gasteiger partial charge in [-0.2, -0.15) is 8.42 Å². The minimum atomic E-state index is -4.06. The maximum Gasteiger partial charge on any atom is 0.318 e. The fourth-order valence-corrected chi connectivity index (χ4v) is 3.19. The normalized spacial score (nSPS) is 19.4. The SMILES string of the molecule is COC(=O)C1CC(=O)NN(S(=O)(=O)Nc2ccc(Cl)cc2)C1. The Bertz CT molecular complexity index is 677. The van der Waals surface area contributed by atoms with Crippen LogP contribution in [0.2, 0.25) is 5.02 Å². The molecule has 1 aliphatic rings. The van der Waals surface area contributed by atoms with E-state index in [9.17, 15) is 18.0 Å². The third-order valence-corrected chi connectivity index (χ3v) is 4.55. The van der Waals surface area contributed by atoms with Crippen LogP contribution in [0, 0.1) is 5.92 Å². The van der Waals surface area contributed by atoms with E-state index in [1.807, 2.05) is 0 Å². The number of esters is 1. The number of nitrogens with one attached hydrogen (secondary N) is 2. The zero-order chi connectivity index (χ0) is 16.3. The largest absolute Gasteiger partial charge is 0.469 e. The van der Waals surface area contributed by atoms with Crippen molar-refractivity contribution in [1.82, 2.24) is 9.84 Å². The molecule has 8 nitrogen and oxygen atoms in total. The molecule has 0 radical (unpaired) electrons. The summed E-state index contributed by atoms with van der Waals surface area (Å²) in [5.74, 6) is -2.06. The predicted molar refractivity (Wildman–Crippen MR) is 79.0 cm³/mol. The highest BCUT2D eigenvalue weighted by Gasteiger charge is 2.36. The Morgan fingerprint density at radius 1 is 1.41 bits per heavy atom. The van der Waals surface area contributed by atoms with Gasteiger partial charge in [-0.25, -0.2) is 0 Å². The number of hydrogen-bond donors (Lipinski definition) is 2. The number of halogens is 1. The van der Waals surface area contributed by atoms with Gasteiger partial charge in [-0.3, -0.25) is 19.7 Å². The van der Waals surface area contributed by atoms with Crippen LogP contribution in [-0.4, -0.2) is 38.4 Å². The van der Waals surface area contributed by atoms with Gasteiger partial charge in [0, 0.05) is 23.7 Å². The molecule has 1 aromatic carbocycles. The lowest BCUT2D eigenvalue weighted by molar-refractivity contribution is -0.150. The van der Waals surface area contributed by atoms with E-state index in [4.69, 9.17) is 11.6 Å². The average Bonchev–Trinajstić information content (AvgIpc) is 2.48. The fraction of sp³-hybridized carbons (Fsp3) is 0.333. The van der Waals surface area contributed by atoms with Gasteiger partial charge in [-0.1, -0.05) is 16.0 Å². The highest BCUT2D eigenvalue weighted by molar-refractivity contribution is 7.90. The minimum Gasteiger partial charge on any atom is -0.469 e. The lowest BCUT2D eigenvalue weighted by Crippen LogP contribution is -2.56. The van der Waals surface area contributed by atoms with Gasteiger partial charge >= 0.3 is 16.2 Å². The molecule has 2 N–H and O–H groups in total. The van der Waals surface area contributed by atoms with Crippen LogP contribution in [0.5, 0.6) is 0 Å². The van der Waals surface area contributed by atoms with Gasteiger partial charge in [-0.15, -0.1) is 0 Å². The molecule has 1 aliphatic heterocycles. The summed E-state index contributed by atoms with van der Waals surface area (Å²) in [7, 11) is -2.88. The second-order valence-electron chi connectivity index (χ2n) is 4.60. The summed E-state index contributed by atoms with van der Waals surface area (Å²) in [5, 5.41) is 0.458. The third kappa shape index (κ3) is 3.87. The van der Waals surface area contributed by atoms with E-state index in [-0.39, 0.29) is 18.7 Å². The van der Waals surface area contributed by atoms with Gasteiger partial charge < -0.3 is 4.74 Å². The maximum atomic E-state index is 12.3.